The Kier molecular flexibility index (Phi) is 5.30. The maximum atomic E-state index is 11.9. The molecule has 1 aromatic carbocycles. The second-order valence-corrected chi connectivity index (χ2v) is 5.87. The summed E-state index contributed by atoms with van der Waals surface area (Å²) in [4.78, 5) is 10.4. The summed E-state index contributed by atoms with van der Waals surface area (Å²) < 4.78 is 26.2. The Balaban J connectivity index is 2.83. The number of nitrogens with zero attached hydrogens (tertiary/aromatic N) is 1. The van der Waals surface area contributed by atoms with Gasteiger partial charge in [0.05, 0.1) is 16.7 Å². The van der Waals surface area contributed by atoms with Gasteiger partial charge in [0.1, 0.15) is 4.90 Å². The van der Waals surface area contributed by atoms with Crippen molar-refractivity contribution >= 4 is 27.5 Å². The van der Waals surface area contributed by atoms with E-state index in [0.29, 0.717) is 6.42 Å². The molecule has 1 amide bonds. The fraction of sp³-hybridized carbons (Fsp3) is 0.273. The Morgan fingerprint density at radius 2 is 2.16 bits per heavy atom. The summed E-state index contributed by atoms with van der Waals surface area (Å²) in [5.74, 6) is -0.497. The lowest BCUT2D eigenvalue weighted by atomic mass is 10.2. The molecule has 19 heavy (non-hydrogen) atoms. The van der Waals surface area contributed by atoms with Gasteiger partial charge in [-0.05, 0) is 24.6 Å². The highest BCUT2D eigenvalue weighted by Crippen LogP contribution is 2.22. The van der Waals surface area contributed by atoms with Crippen molar-refractivity contribution in [1.82, 2.24) is 4.72 Å². The molecule has 0 bridgehead atoms. The van der Waals surface area contributed by atoms with Gasteiger partial charge in [0, 0.05) is 13.0 Å². The van der Waals surface area contributed by atoms with Gasteiger partial charge in [-0.1, -0.05) is 11.6 Å². The zero-order valence-corrected chi connectivity index (χ0v) is 11.5. The highest BCUT2D eigenvalue weighted by molar-refractivity contribution is 7.89. The first-order valence-electron chi connectivity index (χ1n) is 5.34. The summed E-state index contributed by atoms with van der Waals surface area (Å²) in [5.41, 5.74) is 5.14. The average Bonchev–Trinajstić information content (AvgIpc) is 2.35. The third kappa shape index (κ3) is 4.52. The number of rotatable bonds is 6. The van der Waals surface area contributed by atoms with Crippen LogP contribution < -0.4 is 10.5 Å². The van der Waals surface area contributed by atoms with Crippen LogP contribution in [0.3, 0.4) is 0 Å². The van der Waals surface area contributed by atoms with Crippen molar-refractivity contribution in [2.75, 3.05) is 6.54 Å². The lowest BCUT2D eigenvalue weighted by Crippen LogP contribution is -2.26. The molecular weight excluding hydrogens is 290 g/mol. The van der Waals surface area contributed by atoms with Gasteiger partial charge >= 0.3 is 0 Å². The zero-order chi connectivity index (χ0) is 14.5. The standard InChI is InChI=1S/C11H12ClN3O3S/c12-9-4-3-8(7-13)6-10(9)19(17,18)15-5-1-2-11(14)16/h3-4,6,15H,1-2,5H2,(H2,14,16). The topological polar surface area (TPSA) is 113 Å². The number of carbonyl (C=O) groups excluding carboxylic acids is 1. The van der Waals surface area contributed by atoms with Crippen molar-refractivity contribution in [3.05, 3.63) is 28.8 Å². The van der Waals surface area contributed by atoms with E-state index in [1.54, 1.807) is 0 Å². The molecular formula is C11H12ClN3O3S. The van der Waals surface area contributed by atoms with Crippen LogP contribution in [0.1, 0.15) is 18.4 Å². The number of nitrogens with two attached hydrogens (primary N) is 1. The van der Waals surface area contributed by atoms with E-state index in [1.165, 1.54) is 18.2 Å². The largest absolute Gasteiger partial charge is 0.370 e. The quantitative estimate of drug-likeness (QED) is 0.755. The van der Waals surface area contributed by atoms with E-state index in [9.17, 15) is 13.2 Å². The smallest absolute Gasteiger partial charge is 0.242 e. The van der Waals surface area contributed by atoms with Gasteiger partial charge in [-0.25, -0.2) is 13.1 Å². The number of amides is 1. The molecule has 0 fully saturated rings. The first kappa shape index (κ1) is 15.4. The van der Waals surface area contributed by atoms with Gasteiger partial charge < -0.3 is 5.73 Å². The summed E-state index contributed by atoms with van der Waals surface area (Å²) in [6.07, 6.45) is 0.388. The van der Waals surface area contributed by atoms with Crippen LogP contribution in [-0.2, 0) is 14.8 Å². The Morgan fingerprint density at radius 1 is 1.47 bits per heavy atom. The summed E-state index contributed by atoms with van der Waals surface area (Å²) >= 11 is 5.80. The van der Waals surface area contributed by atoms with Crippen LogP contribution in [0.5, 0.6) is 0 Å². The molecule has 0 saturated heterocycles. The predicted molar refractivity (Wildman–Crippen MR) is 69.8 cm³/mol. The molecule has 6 nitrogen and oxygen atoms in total. The fourth-order valence-electron chi connectivity index (χ4n) is 1.33. The minimum absolute atomic E-state index is 0.0291. The molecule has 3 N–H and O–H groups in total. The Bertz CT molecular complexity index is 623. The van der Waals surface area contributed by atoms with Crippen molar-refractivity contribution in [3.63, 3.8) is 0 Å². The third-order valence-electron chi connectivity index (χ3n) is 2.24. The van der Waals surface area contributed by atoms with Gasteiger partial charge in [0.25, 0.3) is 0 Å². The van der Waals surface area contributed by atoms with Crippen molar-refractivity contribution < 1.29 is 13.2 Å². The summed E-state index contributed by atoms with van der Waals surface area (Å²) in [5, 5.41) is 8.76. The van der Waals surface area contributed by atoms with Gasteiger partial charge in [0.15, 0.2) is 0 Å². The van der Waals surface area contributed by atoms with E-state index in [2.05, 4.69) is 4.72 Å². The molecule has 1 aromatic rings. The number of hydrogen-bond donors (Lipinski definition) is 2. The number of carbonyl (C=O) groups is 1. The first-order chi connectivity index (χ1) is 8.86. The van der Waals surface area contributed by atoms with E-state index < -0.39 is 15.9 Å². The second kappa shape index (κ2) is 6.52. The molecule has 0 aliphatic heterocycles. The fourth-order valence-corrected chi connectivity index (χ4v) is 2.92. The maximum Gasteiger partial charge on any atom is 0.242 e. The monoisotopic (exact) mass is 301 g/mol. The molecule has 0 unspecified atom stereocenters. The number of nitrogens with one attached hydrogen (secondary N) is 1. The molecule has 0 aliphatic carbocycles. The molecule has 0 atom stereocenters. The van der Waals surface area contributed by atoms with Crippen LogP contribution in [-0.4, -0.2) is 20.9 Å². The van der Waals surface area contributed by atoms with Gasteiger partial charge in [0.2, 0.25) is 15.9 Å². The number of halogens is 1. The summed E-state index contributed by atoms with van der Waals surface area (Å²) in [6, 6.07) is 5.80. The molecule has 102 valence electrons. The average molecular weight is 302 g/mol. The highest BCUT2D eigenvalue weighted by Gasteiger charge is 2.18. The molecule has 0 radical (unpaired) electrons. The second-order valence-electron chi connectivity index (χ2n) is 3.72. The number of benzene rings is 1. The molecule has 0 saturated carbocycles. The third-order valence-corrected chi connectivity index (χ3v) is 4.18. The van der Waals surface area contributed by atoms with Crippen LogP contribution in [0.2, 0.25) is 5.02 Å². The van der Waals surface area contributed by atoms with Crippen molar-refractivity contribution in [1.29, 1.82) is 5.26 Å². The normalized spacial score (nSPS) is 10.9. The molecule has 0 spiro atoms. The SMILES string of the molecule is N#Cc1ccc(Cl)c(S(=O)(=O)NCCCC(N)=O)c1. The van der Waals surface area contributed by atoms with Crippen LogP contribution in [0, 0.1) is 11.3 Å². The van der Waals surface area contributed by atoms with Crippen molar-refractivity contribution in [2.24, 2.45) is 5.73 Å². The van der Waals surface area contributed by atoms with E-state index >= 15 is 0 Å². The van der Waals surface area contributed by atoms with Crippen LogP contribution in [0.15, 0.2) is 23.1 Å². The summed E-state index contributed by atoms with van der Waals surface area (Å²) in [6.45, 7) is 0.0678. The number of hydrogen-bond acceptors (Lipinski definition) is 4. The minimum Gasteiger partial charge on any atom is -0.370 e. The van der Waals surface area contributed by atoms with E-state index in [0.717, 1.165) is 0 Å². The Hall–Kier alpha value is -1.62. The Morgan fingerprint density at radius 3 is 2.74 bits per heavy atom. The van der Waals surface area contributed by atoms with Crippen molar-refractivity contribution in [3.8, 4) is 6.07 Å². The predicted octanol–water partition coefficient (Wildman–Crippen LogP) is 0.755. The van der Waals surface area contributed by atoms with E-state index in [1.807, 2.05) is 6.07 Å². The minimum atomic E-state index is -3.81. The molecule has 0 heterocycles. The molecule has 1 rings (SSSR count). The summed E-state index contributed by atoms with van der Waals surface area (Å²) in [7, 11) is -3.81. The van der Waals surface area contributed by atoms with E-state index in [4.69, 9.17) is 22.6 Å². The number of primary amides is 1. The van der Waals surface area contributed by atoms with Crippen LogP contribution in [0.25, 0.3) is 0 Å². The van der Waals surface area contributed by atoms with Gasteiger partial charge in [-0.2, -0.15) is 5.26 Å². The maximum absolute atomic E-state index is 11.9. The van der Waals surface area contributed by atoms with Crippen LogP contribution >= 0.6 is 11.6 Å². The Labute approximate surface area is 116 Å². The van der Waals surface area contributed by atoms with Crippen molar-refractivity contribution in [2.45, 2.75) is 17.7 Å². The van der Waals surface area contributed by atoms with Gasteiger partial charge in [-0.3, -0.25) is 4.79 Å². The zero-order valence-electron chi connectivity index (χ0n) is 9.89. The number of nitriles is 1. The molecule has 8 heteroatoms. The lowest BCUT2D eigenvalue weighted by molar-refractivity contribution is -0.118. The molecule has 0 aliphatic rings. The number of sulfonamides is 1. The van der Waals surface area contributed by atoms with E-state index in [-0.39, 0.29) is 28.4 Å². The highest BCUT2D eigenvalue weighted by atomic mass is 35.5. The lowest BCUT2D eigenvalue weighted by Gasteiger charge is -2.08. The van der Waals surface area contributed by atoms with Crippen LogP contribution in [0.4, 0.5) is 0 Å². The molecule has 0 aromatic heterocycles. The van der Waals surface area contributed by atoms with Gasteiger partial charge in [-0.15, -0.1) is 0 Å². The first-order valence-corrected chi connectivity index (χ1v) is 7.20.